The molecular formula is C40H29P. The van der Waals surface area contributed by atoms with Gasteiger partial charge in [-0.1, -0.05) is 121 Å². The topological polar surface area (TPSA) is 0 Å². The van der Waals surface area contributed by atoms with Gasteiger partial charge in [-0.3, -0.25) is 0 Å². The maximum absolute atomic E-state index is 2.41. The molecule has 0 N–H and O–H groups in total. The molecule has 1 atom stereocenters. The average molecular weight is 541 g/mol. The number of hydrogen-bond acceptors (Lipinski definition) is 0. The Morgan fingerprint density at radius 2 is 0.634 bits per heavy atom. The number of hydrogen-bond donors (Lipinski definition) is 0. The Morgan fingerprint density at radius 3 is 1.02 bits per heavy atom. The van der Waals surface area contributed by atoms with E-state index < -0.39 is 0 Å². The number of aryl methyl sites for hydroxylation is 2. The normalized spacial score (nSPS) is 12.0. The zero-order valence-electron chi connectivity index (χ0n) is 23.3. The van der Waals surface area contributed by atoms with Crippen LogP contribution in [0.15, 0.2) is 121 Å². The summed E-state index contributed by atoms with van der Waals surface area (Å²) >= 11 is 0. The fourth-order valence-corrected chi connectivity index (χ4v) is 7.34. The lowest BCUT2D eigenvalue weighted by molar-refractivity contribution is 1.40. The van der Waals surface area contributed by atoms with E-state index in [0.29, 0.717) is 0 Å². The van der Waals surface area contributed by atoms with Crippen LogP contribution in [-0.4, -0.2) is 0 Å². The molecule has 0 fully saturated rings. The van der Waals surface area contributed by atoms with Gasteiger partial charge in [-0.15, -0.1) is 0 Å². The fraction of sp³-hybridized carbons (Fsp3) is 0.0500. The molecule has 1 unspecified atom stereocenters. The molecule has 0 amide bonds. The van der Waals surface area contributed by atoms with Crippen molar-refractivity contribution in [2.45, 2.75) is 13.8 Å². The molecule has 0 bridgehead atoms. The smallest absolute Gasteiger partial charge is 0.00206 e. The van der Waals surface area contributed by atoms with Gasteiger partial charge in [-0.25, -0.2) is 0 Å². The molecule has 0 nitrogen and oxygen atoms in total. The second kappa shape index (κ2) is 8.74. The molecule has 0 heterocycles. The van der Waals surface area contributed by atoms with Crippen LogP contribution >= 0.6 is 9.90 Å². The van der Waals surface area contributed by atoms with Crippen LogP contribution in [-0.2, 0) is 0 Å². The van der Waals surface area contributed by atoms with E-state index in [0.717, 1.165) is 0 Å². The van der Waals surface area contributed by atoms with Crippen molar-refractivity contribution >= 4 is 74.5 Å². The molecule has 0 saturated carbocycles. The number of benzene rings is 9. The van der Waals surface area contributed by atoms with Crippen LogP contribution < -0.4 is 0 Å². The van der Waals surface area contributed by atoms with E-state index in [1.54, 1.807) is 0 Å². The average Bonchev–Trinajstić information content (AvgIpc) is 3.00. The first-order valence-electron chi connectivity index (χ1n) is 14.1. The highest BCUT2D eigenvalue weighted by Gasteiger charge is 2.17. The first kappa shape index (κ1) is 24.3. The molecule has 0 aromatic heterocycles. The van der Waals surface area contributed by atoms with E-state index >= 15 is 0 Å². The fourth-order valence-electron chi connectivity index (χ4n) is 7.34. The summed E-state index contributed by atoms with van der Waals surface area (Å²) in [5.74, 6) is 0. The molecule has 194 valence electrons. The maximum atomic E-state index is 2.41. The lowest BCUT2D eigenvalue weighted by atomic mass is 9.85. The summed E-state index contributed by atoms with van der Waals surface area (Å²) in [6, 6.07) is 45.6. The Balaban J connectivity index is 0.00000256. The third-order valence-electron chi connectivity index (χ3n) is 9.21. The van der Waals surface area contributed by atoms with E-state index in [2.05, 4.69) is 135 Å². The first-order valence-corrected chi connectivity index (χ1v) is 14.1. The van der Waals surface area contributed by atoms with Crippen molar-refractivity contribution in [3.05, 3.63) is 132 Å². The first-order chi connectivity index (χ1) is 19.7. The Morgan fingerprint density at radius 1 is 0.317 bits per heavy atom. The zero-order chi connectivity index (χ0) is 26.5. The molecule has 41 heavy (non-hydrogen) atoms. The summed E-state index contributed by atoms with van der Waals surface area (Å²) in [5, 5.41) is 16.0. The van der Waals surface area contributed by atoms with Crippen LogP contribution in [0.1, 0.15) is 11.1 Å². The van der Waals surface area contributed by atoms with E-state index in [-0.39, 0.29) is 9.90 Å². The lowest BCUT2D eigenvalue weighted by Gasteiger charge is -2.19. The van der Waals surface area contributed by atoms with Gasteiger partial charge < -0.3 is 0 Å². The molecule has 0 aliphatic heterocycles. The van der Waals surface area contributed by atoms with Crippen LogP contribution in [0.5, 0.6) is 0 Å². The summed E-state index contributed by atoms with van der Waals surface area (Å²) in [6.45, 7) is 4.54. The van der Waals surface area contributed by atoms with Gasteiger partial charge in [0.2, 0.25) is 0 Å². The highest BCUT2D eigenvalue weighted by molar-refractivity contribution is 6.92. The molecule has 9 aromatic rings. The SMILES string of the molecule is Cc1cc(-c2ccc3ccc4cccc5ccc2c3c45)c(C)cc1-c1ccc2ccc3cccc4ccc1c2c34.P. The molecule has 0 spiro atoms. The number of rotatable bonds is 2. The van der Waals surface area contributed by atoms with Crippen molar-refractivity contribution in [2.75, 3.05) is 0 Å². The van der Waals surface area contributed by atoms with Gasteiger partial charge in [0, 0.05) is 0 Å². The summed E-state index contributed by atoms with van der Waals surface area (Å²) < 4.78 is 0. The van der Waals surface area contributed by atoms with E-state index in [1.807, 2.05) is 0 Å². The Labute approximate surface area is 242 Å². The van der Waals surface area contributed by atoms with Gasteiger partial charge in [0.25, 0.3) is 0 Å². The second-order valence-electron chi connectivity index (χ2n) is 11.4. The molecule has 0 aliphatic carbocycles. The van der Waals surface area contributed by atoms with Crippen molar-refractivity contribution in [3.8, 4) is 22.3 Å². The Kier molecular flexibility index (Phi) is 5.18. The monoisotopic (exact) mass is 540 g/mol. The Bertz CT molecular complexity index is 2240. The molecule has 0 saturated heterocycles. The van der Waals surface area contributed by atoms with Crippen molar-refractivity contribution < 1.29 is 0 Å². The van der Waals surface area contributed by atoms with Crippen LogP contribution in [0.4, 0.5) is 0 Å². The van der Waals surface area contributed by atoms with Gasteiger partial charge in [0.05, 0.1) is 0 Å². The summed E-state index contributed by atoms with van der Waals surface area (Å²) in [7, 11) is 0. The van der Waals surface area contributed by atoms with Crippen LogP contribution in [0, 0.1) is 13.8 Å². The molecule has 0 aliphatic rings. The van der Waals surface area contributed by atoms with Gasteiger partial charge in [0.1, 0.15) is 0 Å². The standard InChI is InChI=1S/C40H26.H3P/c1-23-21-36(32-18-14-30-12-10-26-6-4-8-28-16-20-34(32)40(30)38(26)28)24(2)22-35(23)31-17-13-29-11-9-25-5-3-7-27-15-19-33(31)39(29)37(25)27;/h3-22H,1-2H3;1H3. The van der Waals surface area contributed by atoms with Crippen molar-refractivity contribution in [1.82, 2.24) is 0 Å². The van der Waals surface area contributed by atoms with E-state index in [9.17, 15) is 0 Å². The quantitative estimate of drug-likeness (QED) is 0.151. The van der Waals surface area contributed by atoms with Crippen molar-refractivity contribution in [1.29, 1.82) is 0 Å². The minimum absolute atomic E-state index is 0. The summed E-state index contributed by atoms with van der Waals surface area (Å²) in [4.78, 5) is 0. The summed E-state index contributed by atoms with van der Waals surface area (Å²) in [5.41, 5.74) is 7.87. The predicted octanol–water partition coefficient (Wildman–Crippen LogP) is 11.5. The van der Waals surface area contributed by atoms with Gasteiger partial charge >= 0.3 is 0 Å². The maximum Gasteiger partial charge on any atom is -0.00206 e. The molecule has 1 heteroatoms. The Hall–Kier alpha value is -4.51. The molecule has 9 aromatic carbocycles. The molecule has 9 rings (SSSR count). The van der Waals surface area contributed by atoms with Crippen molar-refractivity contribution in [2.24, 2.45) is 0 Å². The second-order valence-corrected chi connectivity index (χ2v) is 11.4. The van der Waals surface area contributed by atoms with Crippen molar-refractivity contribution in [3.63, 3.8) is 0 Å². The van der Waals surface area contributed by atoms with Gasteiger partial charge in [-0.05, 0) is 112 Å². The van der Waals surface area contributed by atoms with Crippen LogP contribution in [0.25, 0.3) is 86.9 Å². The van der Waals surface area contributed by atoms with Gasteiger partial charge in [0.15, 0.2) is 0 Å². The van der Waals surface area contributed by atoms with E-state index in [4.69, 9.17) is 0 Å². The third kappa shape index (κ3) is 3.32. The minimum atomic E-state index is 0. The summed E-state index contributed by atoms with van der Waals surface area (Å²) in [6.07, 6.45) is 0. The van der Waals surface area contributed by atoms with E-state index in [1.165, 1.54) is 98.0 Å². The van der Waals surface area contributed by atoms with Crippen LogP contribution in [0.3, 0.4) is 0 Å². The lowest BCUT2D eigenvalue weighted by Crippen LogP contribution is -1.93. The predicted molar refractivity (Wildman–Crippen MR) is 185 cm³/mol. The van der Waals surface area contributed by atoms with Gasteiger partial charge in [-0.2, -0.15) is 9.90 Å². The molecular weight excluding hydrogens is 511 g/mol. The molecule has 0 radical (unpaired) electrons. The van der Waals surface area contributed by atoms with Crippen LogP contribution in [0.2, 0.25) is 0 Å². The third-order valence-corrected chi connectivity index (χ3v) is 9.21. The largest absolute Gasteiger partial charge is 0.153 e. The minimum Gasteiger partial charge on any atom is -0.153 e. The highest BCUT2D eigenvalue weighted by Crippen LogP contribution is 2.43. The highest BCUT2D eigenvalue weighted by atomic mass is 31.0. The zero-order valence-corrected chi connectivity index (χ0v) is 24.7.